The number of pyridine rings is 1. The van der Waals surface area contributed by atoms with Gasteiger partial charge in [0.25, 0.3) is 5.91 Å². The third kappa shape index (κ3) is 1.75. The molecule has 5 heteroatoms. The largest absolute Gasteiger partial charge is 0.437 e. The Kier molecular flexibility index (Phi) is 2.75. The first-order valence-electron chi connectivity index (χ1n) is 6.17. The van der Waals surface area contributed by atoms with Gasteiger partial charge in [0.05, 0.1) is 22.0 Å². The smallest absolute Gasteiger partial charge is 0.252 e. The van der Waals surface area contributed by atoms with Crippen LogP contribution in [0.1, 0.15) is 16.1 Å². The predicted molar refractivity (Wildman–Crippen MR) is 75.9 cm³/mol. The van der Waals surface area contributed by atoms with Crippen LogP contribution in [0, 0.1) is 6.92 Å². The zero-order valence-corrected chi connectivity index (χ0v) is 11.1. The Balaban J connectivity index is 2.45. The summed E-state index contributed by atoms with van der Waals surface area (Å²) < 4.78 is 5.63. The molecular formula is C15H12N2O3. The van der Waals surface area contributed by atoms with Crippen molar-refractivity contribution in [2.75, 3.05) is 7.05 Å². The number of para-hydroxylation sites is 1. The average Bonchev–Trinajstić information content (AvgIpc) is 2.46. The summed E-state index contributed by atoms with van der Waals surface area (Å²) in [5, 5.41) is 3.32. The Morgan fingerprint density at radius 2 is 2.00 bits per heavy atom. The molecule has 0 fully saturated rings. The molecule has 0 aliphatic rings. The molecule has 0 saturated carbocycles. The number of amides is 1. The number of aromatic nitrogens is 1. The van der Waals surface area contributed by atoms with Crippen LogP contribution in [-0.4, -0.2) is 17.9 Å². The van der Waals surface area contributed by atoms with Gasteiger partial charge in [0, 0.05) is 7.05 Å². The predicted octanol–water partition coefficient (Wildman–Crippen LogP) is 2.01. The van der Waals surface area contributed by atoms with Gasteiger partial charge in [-0.25, -0.2) is 4.98 Å². The number of benzene rings is 1. The molecule has 1 amide bonds. The van der Waals surface area contributed by atoms with E-state index in [1.165, 1.54) is 13.1 Å². The van der Waals surface area contributed by atoms with Crippen molar-refractivity contribution in [3.8, 4) is 0 Å². The molecule has 1 N–H and O–H groups in total. The minimum atomic E-state index is -0.274. The van der Waals surface area contributed by atoms with E-state index in [1.807, 2.05) is 0 Å². The number of nitrogens with one attached hydrogen (secondary N) is 1. The Labute approximate surface area is 114 Å². The molecule has 0 saturated heterocycles. The molecular weight excluding hydrogens is 256 g/mol. The van der Waals surface area contributed by atoms with Crippen LogP contribution in [0.25, 0.3) is 22.1 Å². The van der Waals surface area contributed by atoms with Gasteiger partial charge in [0.1, 0.15) is 5.58 Å². The number of rotatable bonds is 1. The molecule has 0 radical (unpaired) electrons. The Morgan fingerprint density at radius 1 is 1.25 bits per heavy atom. The summed E-state index contributed by atoms with van der Waals surface area (Å²) in [6.45, 7) is 1.71. The van der Waals surface area contributed by atoms with Crippen LogP contribution in [-0.2, 0) is 0 Å². The van der Waals surface area contributed by atoms with Crippen LogP contribution in [0.15, 0.2) is 39.5 Å². The van der Waals surface area contributed by atoms with Gasteiger partial charge in [0.15, 0.2) is 0 Å². The summed E-state index contributed by atoms with van der Waals surface area (Å²) >= 11 is 0. The van der Waals surface area contributed by atoms with Crippen molar-refractivity contribution in [3.05, 3.63) is 51.8 Å². The van der Waals surface area contributed by atoms with E-state index in [1.54, 1.807) is 31.2 Å². The topological polar surface area (TPSA) is 72.2 Å². The summed E-state index contributed by atoms with van der Waals surface area (Å²) in [7, 11) is 1.54. The maximum absolute atomic E-state index is 12.4. The van der Waals surface area contributed by atoms with E-state index in [9.17, 15) is 9.59 Å². The van der Waals surface area contributed by atoms with Crippen LogP contribution in [0.5, 0.6) is 0 Å². The van der Waals surface area contributed by atoms with Gasteiger partial charge in [-0.05, 0) is 25.1 Å². The second kappa shape index (κ2) is 4.45. The third-order valence-corrected chi connectivity index (χ3v) is 3.23. The molecule has 5 nitrogen and oxygen atoms in total. The van der Waals surface area contributed by atoms with Crippen LogP contribution in [0.4, 0.5) is 0 Å². The highest BCUT2D eigenvalue weighted by Gasteiger charge is 2.14. The lowest BCUT2D eigenvalue weighted by molar-refractivity contribution is 0.0962. The van der Waals surface area contributed by atoms with E-state index < -0.39 is 0 Å². The minimum Gasteiger partial charge on any atom is -0.437 e. The van der Waals surface area contributed by atoms with E-state index in [-0.39, 0.29) is 17.0 Å². The molecule has 1 aromatic carbocycles. The van der Waals surface area contributed by atoms with Crippen molar-refractivity contribution >= 4 is 28.0 Å². The van der Waals surface area contributed by atoms with Gasteiger partial charge >= 0.3 is 0 Å². The number of aryl methyl sites for hydroxylation is 1. The fourth-order valence-corrected chi connectivity index (χ4v) is 2.18. The van der Waals surface area contributed by atoms with Gasteiger partial charge in [-0.3, -0.25) is 9.59 Å². The molecule has 2 heterocycles. The van der Waals surface area contributed by atoms with Crippen molar-refractivity contribution in [1.82, 2.24) is 10.3 Å². The van der Waals surface area contributed by atoms with Crippen LogP contribution in [0.3, 0.4) is 0 Å². The van der Waals surface area contributed by atoms with E-state index in [4.69, 9.17) is 4.42 Å². The molecule has 3 aromatic rings. The lowest BCUT2D eigenvalue weighted by Crippen LogP contribution is -2.20. The number of carbonyl (C=O) groups is 1. The lowest BCUT2D eigenvalue weighted by Gasteiger charge is -2.06. The Bertz CT molecular complexity index is 897. The summed E-state index contributed by atoms with van der Waals surface area (Å²) in [4.78, 5) is 28.4. The standard InChI is InChI=1S/C15H12N2O3/c1-8-10(14(19)16-2)7-11-13(18)9-5-3-4-6-12(9)20-15(11)17-8/h3-7H,1-2H3,(H,16,19). The van der Waals surface area contributed by atoms with Crippen LogP contribution >= 0.6 is 0 Å². The molecule has 0 atom stereocenters. The van der Waals surface area contributed by atoms with E-state index in [0.29, 0.717) is 27.6 Å². The lowest BCUT2D eigenvalue weighted by atomic mass is 10.1. The highest BCUT2D eigenvalue weighted by molar-refractivity contribution is 5.99. The number of hydrogen-bond acceptors (Lipinski definition) is 4. The monoisotopic (exact) mass is 268 g/mol. The fourth-order valence-electron chi connectivity index (χ4n) is 2.18. The molecule has 0 aliphatic heterocycles. The highest BCUT2D eigenvalue weighted by Crippen LogP contribution is 2.19. The van der Waals surface area contributed by atoms with Crippen molar-refractivity contribution in [3.63, 3.8) is 0 Å². The molecule has 2 aromatic heterocycles. The summed E-state index contributed by atoms with van der Waals surface area (Å²) in [5.41, 5.74) is 1.46. The first-order chi connectivity index (χ1) is 9.61. The SMILES string of the molecule is CNC(=O)c1cc2c(=O)c3ccccc3oc2nc1C. The van der Waals surface area contributed by atoms with Gasteiger partial charge in [-0.1, -0.05) is 12.1 Å². The van der Waals surface area contributed by atoms with Crippen molar-refractivity contribution in [2.24, 2.45) is 0 Å². The second-order valence-corrected chi connectivity index (χ2v) is 4.48. The molecule has 0 aliphatic carbocycles. The summed E-state index contributed by atoms with van der Waals surface area (Å²) in [5.74, 6) is -0.274. The van der Waals surface area contributed by atoms with E-state index >= 15 is 0 Å². The number of hydrogen-bond donors (Lipinski definition) is 1. The van der Waals surface area contributed by atoms with Crippen molar-refractivity contribution in [2.45, 2.75) is 6.92 Å². The second-order valence-electron chi connectivity index (χ2n) is 4.48. The first-order valence-corrected chi connectivity index (χ1v) is 6.17. The maximum atomic E-state index is 12.4. The van der Waals surface area contributed by atoms with Crippen LogP contribution < -0.4 is 10.7 Å². The van der Waals surface area contributed by atoms with Gasteiger partial charge < -0.3 is 9.73 Å². The Hall–Kier alpha value is -2.69. The maximum Gasteiger partial charge on any atom is 0.252 e. The number of carbonyl (C=O) groups excluding carboxylic acids is 1. The molecule has 0 spiro atoms. The minimum absolute atomic E-state index is 0.181. The van der Waals surface area contributed by atoms with E-state index in [0.717, 1.165) is 0 Å². The Morgan fingerprint density at radius 3 is 2.75 bits per heavy atom. The number of fused-ring (bicyclic) bond motifs is 2. The molecule has 0 bridgehead atoms. The van der Waals surface area contributed by atoms with Gasteiger partial charge in [-0.15, -0.1) is 0 Å². The van der Waals surface area contributed by atoms with Crippen molar-refractivity contribution in [1.29, 1.82) is 0 Å². The first kappa shape index (κ1) is 12.3. The van der Waals surface area contributed by atoms with E-state index in [2.05, 4.69) is 10.3 Å². The van der Waals surface area contributed by atoms with Gasteiger partial charge in [0.2, 0.25) is 11.1 Å². The number of nitrogens with zero attached hydrogens (tertiary/aromatic N) is 1. The molecule has 100 valence electrons. The molecule has 0 unspecified atom stereocenters. The highest BCUT2D eigenvalue weighted by atomic mass is 16.3. The zero-order valence-electron chi connectivity index (χ0n) is 11.1. The van der Waals surface area contributed by atoms with Crippen LogP contribution in [0.2, 0.25) is 0 Å². The average molecular weight is 268 g/mol. The summed E-state index contributed by atoms with van der Waals surface area (Å²) in [6.07, 6.45) is 0. The van der Waals surface area contributed by atoms with Gasteiger partial charge in [-0.2, -0.15) is 0 Å². The molecule has 20 heavy (non-hydrogen) atoms. The molecule has 3 rings (SSSR count). The zero-order chi connectivity index (χ0) is 14.3. The summed E-state index contributed by atoms with van der Waals surface area (Å²) in [6, 6.07) is 8.52. The fraction of sp³-hybridized carbons (Fsp3) is 0.133. The van der Waals surface area contributed by atoms with Crippen molar-refractivity contribution < 1.29 is 9.21 Å². The third-order valence-electron chi connectivity index (χ3n) is 3.23. The normalized spacial score (nSPS) is 10.9. The quantitative estimate of drug-likeness (QED) is 0.685.